The second kappa shape index (κ2) is 7.25. The first-order chi connectivity index (χ1) is 14.4. The first-order valence-electron chi connectivity index (χ1n) is 10.2. The Morgan fingerprint density at radius 1 is 1.17 bits per heavy atom. The summed E-state index contributed by atoms with van der Waals surface area (Å²) >= 11 is 6.69. The number of nitrogens with zero attached hydrogens (tertiary/aromatic N) is 3. The average molecular weight is 427 g/mol. The molecule has 156 valence electrons. The highest BCUT2D eigenvalue weighted by Crippen LogP contribution is 2.37. The van der Waals surface area contributed by atoms with Crippen LogP contribution in [0.25, 0.3) is 21.8 Å². The third kappa shape index (κ3) is 3.42. The fraction of sp³-hybridized carbons (Fsp3) is 0.364. The molecule has 1 aliphatic rings. The van der Waals surface area contributed by atoms with Crippen LogP contribution in [0.1, 0.15) is 38.2 Å². The number of piperidine rings is 1. The number of H-pyrrole nitrogens is 1. The molecule has 1 aliphatic heterocycles. The third-order valence-electron chi connectivity index (χ3n) is 5.89. The van der Waals surface area contributed by atoms with Crippen molar-refractivity contribution < 1.29 is 4.39 Å². The molecule has 8 heteroatoms. The third-order valence-corrected chi connectivity index (χ3v) is 6.19. The van der Waals surface area contributed by atoms with E-state index in [0.29, 0.717) is 40.0 Å². The summed E-state index contributed by atoms with van der Waals surface area (Å²) in [6, 6.07) is 8.42. The lowest BCUT2D eigenvalue weighted by Crippen LogP contribution is -2.41. The highest BCUT2D eigenvalue weighted by atomic mass is 35.5. The monoisotopic (exact) mass is 426 g/mol. The van der Waals surface area contributed by atoms with Gasteiger partial charge in [-0.05, 0) is 62.4 Å². The average Bonchev–Trinajstić information content (AvgIpc) is 3.24. The van der Waals surface area contributed by atoms with Gasteiger partial charge in [0.15, 0.2) is 11.6 Å². The number of halogens is 2. The molecule has 2 aromatic carbocycles. The van der Waals surface area contributed by atoms with Crippen LogP contribution in [0.15, 0.2) is 30.5 Å². The van der Waals surface area contributed by atoms with Crippen LogP contribution in [0.4, 0.5) is 15.9 Å². The number of nitrogens with one attached hydrogen (secondary N) is 3. The van der Waals surface area contributed by atoms with Gasteiger partial charge in [-0.2, -0.15) is 10.2 Å². The van der Waals surface area contributed by atoms with Crippen LogP contribution in [-0.4, -0.2) is 32.1 Å². The van der Waals surface area contributed by atoms with E-state index in [-0.39, 0.29) is 5.82 Å². The summed E-state index contributed by atoms with van der Waals surface area (Å²) in [5.74, 6) is 0.661. The lowest BCUT2D eigenvalue weighted by atomic mass is 9.83. The Morgan fingerprint density at radius 2 is 1.93 bits per heavy atom. The maximum absolute atomic E-state index is 14.4. The van der Waals surface area contributed by atoms with Crippen LogP contribution >= 0.6 is 11.6 Å². The van der Waals surface area contributed by atoms with Gasteiger partial charge in [0.1, 0.15) is 5.52 Å². The summed E-state index contributed by atoms with van der Waals surface area (Å²) < 4.78 is 16.0. The van der Waals surface area contributed by atoms with Crippen molar-refractivity contribution in [2.45, 2.75) is 44.7 Å². The molecule has 2 atom stereocenters. The zero-order valence-electron chi connectivity index (χ0n) is 17.1. The summed E-state index contributed by atoms with van der Waals surface area (Å²) in [7, 11) is 1.77. The topological polar surface area (TPSA) is 70.6 Å². The molecule has 3 heterocycles. The van der Waals surface area contributed by atoms with E-state index in [0.717, 1.165) is 29.1 Å². The number of aryl methyl sites for hydroxylation is 1. The Kier molecular flexibility index (Phi) is 4.67. The molecule has 0 radical (unpaired) electrons. The zero-order valence-corrected chi connectivity index (χ0v) is 17.9. The van der Waals surface area contributed by atoms with Gasteiger partial charge in [0, 0.05) is 36.4 Å². The minimum Gasteiger partial charge on any atom is -0.338 e. The van der Waals surface area contributed by atoms with Gasteiger partial charge in [-0.3, -0.25) is 9.78 Å². The smallest absolute Gasteiger partial charge is 0.161 e. The molecule has 0 bridgehead atoms. The summed E-state index contributed by atoms with van der Waals surface area (Å²) in [5, 5.41) is 20.6. The molecule has 1 saturated heterocycles. The van der Waals surface area contributed by atoms with Gasteiger partial charge in [-0.1, -0.05) is 11.6 Å². The summed E-state index contributed by atoms with van der Waals surface area (Å²) in [6.07, 6.45) is 3.94. The van der Waals surface area contributed by atoms with Crippen molar-refractivity contribution in [3.63, 3.8) is 0 Å². The lowest BCUT2D eigenvalue weighted by Gasteiger charge is -2.33. The Balaban J connectivity index is 1.49. The molecule has 3 N–H and O–H groups in total. The van der Waals surface area contributed by atoms with Gasteiger partial charge >= 0.3 is 0 Å². The Hall–Kier alpha value is -2.64. The number of aromatic amines is 1. The molecule has 0 spiro atoms. The van der Waals surface area contributed by atoms with E-state index in [9.17, 15) is 4.39 Å². The van der Waals surface area contributed by atoms with Crippen LogP contribution in [0.3, 0.4) is 0 Å². The first kappa shape index (κ1) is 19.3. The molecular weight excluding hydrogens is 403 g/mol. The maximum Gasteiger partial charge on any atom is 0.161 e. The van der Waals surface area contributed by atoms with Crippen molar-refractivity contribution in [1.82, 2.24) is 25.3 Å². The van der Waals surface area contributed by atoms with Gasteiger partial charge in [0.05, 0.1) is 15.9 Å². The Bertz CT molecular complexity index is 1240. The number of rotatable bonds is 3. The van der Waals surface area contributed by atoms with E-state index in [2.05, 4.69) is 45.8 Å². The van der Waals surface area contributed by atoms with Gasteiger partial charge in [-0.25, -0.2) is 4.39 Å². The number of hydrogen-bond donors (Lipinski definition) is 3. The second-order valence-corrected chi connectivity index (χ2v) is 8.87. The van der Waals surface area contributed by atoms with E-state index in [1.807, 2.05) is 12.1 Å². The van der Waals surface area contributed by atoms with Crippen LogP contribution in [-0.2, 0) is 7.05 Å². The number of benzene rings is 2. The van der Waals surface area contributed by atoms with Crippen LogP contribution in [0, 0.1) is 5.82 Å². The summed E-state index contributed by atoms with van der Waals surface area (Å²) in [5.41, 5.74) is 3.05. The van der Waals surface area contributed by atoms with E-state index in [1.165, 1.54) is 11.6 Å². The van der Waals surface area contributed by atoms with E-state index in [1.54, 1.807) is 17.9 Å². The van der Waals surface area contributed by atoms with Crippen molar-refractivity contribution in [2.24, 2.45) is 7.05 Å². The van der Waals surface area contributed by atoms with Crippen molar-refractivity contribution in [2.75, 3.05) is 5.32 Å². The zero-order chi connectivity index (χ0) is 21.0. The fourth-order valence-corrected chi connectivity index (χ4v) is 5.04. The van der Waals surface area contributed by atoms with E-state index >= 15 is 0 Å². The minimum atomic E-state index is -0.377. The molecule has 6 nitrogen and oxygen atoms in total. The standard InChI is InChI=1S/C22H24ClFN6/c1-11-4-13(5-12(2)25-11)14-7-17(23)20-19(8-14)27-28-22(20)26-16-6-15-10-30(3)29-21(15)18(24)9-16/h6-13,25H,4-5H2,1-3H3,(H2,26,27,28)/t11-,12-/m0/s1. The quantitative estimate of drug-likeness (QED) is 0.419. The largest absolute Gasteiger partial charge is 0.338 e. The number of hydrogen-bond acceptors (Lipinski definition) is 4. The van der Waals surface area contributed by atoms with E-state index in [4.69, 9.17) is 11.6 Å². The van der Waals surface area contributed by atoms with Crippen LogP contribution in [0.5, 0.6) is 0 Å². The molecule has 0 aliphatic carbocycles. The van der Waals surface area contributed by atoms with Gasteiger partial charge in [0.2, 0.25) is 0 Å². The number of anilines is 2. The molecule has 5 rings (SSSR count). The van der Waals surface area contributed by atoms with Gasteiger partial charge in [0.25, 0.3) is 0 Å². The maximum atomic E-state index is 14.4. The first-order valence-corrected chi connectivity index (χ1v) is 10.6. The molecule has 0 saturated carbocycles. The highest BCUT2D eigenvalue weighted by molar-refractivity contribution is 6.36. The Labute approximate surface area is 178 Å². The van der Waals surface area contributed by atoms with Crippen LogP contribution < -0.4 is 10.6 Å². The van der Waals surface area contributed by atoms with Crippen molar-refractivity contribution in [3.8, 4) is 0 Å². The summed E-state index contributed by atoms with van der Waals surface area (Å²) in [4.78, 5) is 0. The number of fused-ring (bicyclic) bond motifs is 2. The van der Waals surface area contributed by atoms with Crippen molar-refractivity contribution in [1.29, 1.82) is 0 Å². The fourth-order valence-electron chi connectivity index (χ4n) is 4.72. The Morgan fingerprint density at radius 3 is 2.70 bits per heavy atom. The molecule has 1 fully saturated rings. The number of aromatic nitrogens is 4. The lowest BCUT2D eigenvalue weighted by molar-refractivity contribution is 0.317. The highest BCUT2D eigenvalue weighted by Gasteiger charge is 2.25. The van der Waals surface area contributed by atoms with Crippen LogP contribution in [0.2, 0.25) is 5.02 Å². The van der Waals surface area contributed by atoms with Gasteiger partial charge in [-0.15, -0.1) is 0 Å². The SMILES string of the molecule is C[C@H]1CC(c2cc(Cl)c3c(Nc4cc(F)c5nn(C)cc5c4)n[nH]c3c2)C[C@H](C)N1. The molecule has 4 aromatic rings. The van der Waals surface area contributed by atoms with E-state index < -0.39 is 0 Å². The second-order valence-electron chi connectivity index (χ2n) is 8.46. The predicted octanol–water partition coefficient (Wildman–Crippen LogP) is 5.23. The molecule has 0 amide bonds. The molecule has 30 heavy (non-hydrogen) atoms. The molecular formula is C22H24ClFN6. The molecule has 0 unspecified atom stereocenters. The van der Waals surface area contributed by atoms with Crippen molar-refractivity contribution in [3.05, 3.63) is 46.9 Å². The minimum absolute atomic E-state index is 0.350. The van der Waals surface area contributed by atoms with Crippen molar-refractivity contribution >= 4 is 44.9 Å². The molecule has 2 aromatic heterocycles. The summed E-state index contributed by atoms with van der Waals surface area (Å²) in [6.45, 7) is 4.44. The van der Waals surface area contributed by atoms with Gasteiger partial charge < -0.3 is 10.6 Å². The predicted molar refractivity (Wildman–Crippen MR) is 119 cm³/mol. The normalized spacial score (nSPS) is 22.1.